The van der Waals surface area contributed by atoms with Crippen molar-refractivity contribution in [3.8, 4) is 5.75 Å². The van der Waals surface area contributed by atoms with Crippen LogP contribution in [0.1, 0.15) is 29.9 Å². The summed E-state index contributed by atoms with van der Waals surface area (Å²) in [6.45, 7) is 3.04. The van der Waals surface area contributed by atoms with Gasteiger partial charge in [-0.15, -0.1) is 0 Å². The quantitative estimate of drug-likeness (QED) is 0.477. The van der Waals surface area contributed by atoms with Gasteiger partial charge in [0.25, 0.3) is 5.56 Å². The number of rotatable bonds is 7. The van der Waals surface area contributed by atoms with Gasteiger partial charge in [-0.1, -0.05) is 11.6 Å². The number of piperidine rings is 1. The first-order chi connectivity index (χ1) is 15.8. The zero-order valence-electron chi connectivity index (χ0n) is 17.6. The molecule has 2 aromatic heterocycles. The number of aromatic amines is 1. The topological polar surface area (TPSA) is 91.9 Å². The normalized spacial score (nSPS) is 15.2. The van der Waals surface area contributed by atoms with Gasteiger partial charge in [0.1, 0.15) is 23.7 Å². The van der Waals surface area contributed by atoms with Crippen LogP contribution in [0.5, 0.6) is 5.75 Å². The van der Waals surface area contributed by atoms with Crippen molar-refractivity contribution in [2.24, 2.45) is 5.92 Å². The fraction of sp³-hybridized carbons (Fsp3) is 0.409. The zero-order valence-corrected chi connectivity index (χ0v) is 18.4. The van der Waals surface area contributed by atoms with Crippen molar-refractivity contribution >= 4 is 22.5 Å². The minimum absolute atomic E-state index is 0.0237. The van der Waals surface area contributed by atoms with Gasteiger partial charge in [-0.05, 0) is 62.7 Å². The number of aromatic nitrogens is 3. The summed E-state index contributed by atoms with van der Waals surface area (Å²) in [4.78, 5) is 24.0. The molecule has 3 aromatic rings. The number of pyridine rings is 1. The average molecular weight is 482 g/mol. The third-order valence-electron chi connectivity index (χ3n) is 5.56. The molecule has 3 N–H and O–H groups in total. The highest BCUT2D eigenvalue weighted by molar-refractivity contribution is 6.32. The van der Waals surface area contributed by atoms with Crippen molar-refractivity contribution < 1.29 is 17.9 Å². The summed E-state index contributed by atoms with van der Waals surface area (Å²) < 4.78 is 44.4. The molecule has 1 aliphatic rings. The van der Waals surface area contributed by atoms with E-state index in [4.69, 9.17) is 16.3 Å². The number of H-pyrrole nitrogens is 1. The molecule has 0 unspecified atom stereocenters. The van der Waals surface area contributed by atoms with Gasteiger partial charge in [-0.25, -0.2) is 4.98 Å². The number of benzene rings is 1. The molecule has 33 heavy (non-hydrogen) atoms. The third kappa shape index (κ3) is 5.82. The van der Waals surface area contributed by atoms with E-state index in [-0.39, 0.29) is 28.8 Å². The second kappa shape index (κ2) is 10.1. The molecule has 176 valence electrons. The number of hydrogen-bond acceptors (Lipinski definition) is 6. The average Bonchev–Trinajstić information content (AvgIpc) is 2.79. The largest absolute Gasteiger partial charge is 0.484 e. The Balaban J connectivity index is 1.51. The van der Waals surface area contributed by atoms with Crippen LogP contribution in [-0.4, -0.2) is 34.6 Å². The summed E-state index contributed by atoms with van der Waals surface area (Å²) >= 11 is 5.98. The molecule has 3 heterocycles. The van der Waals surface area contributed by atoms with Crippen molar-refractivity contribution in [1.82, 2.24) is 25.6 Å². The van der Waals surface area contributed by atoms with E-state index < -0.39 is 11.7 Å². The van der Waals surface area contributed by atoms with Crippen molar-refractivity contribution in [2.75, 3.05) is 19.6 Å². The van der Waals surface area contributed by atoms with Crippen LogP contribution in [-0.2, 0) is 19.3 Å². The molecule has 11 heteroatoms. The van der Waals surface area contributed by atoms with E-state index >= 15 is 0 Å². The number of nitrogens with zero attached hydrogens (tertiary/aromatic N) is 2. The zero-order chi connectivity index (χ0) is 23.4. The Morgan fingerprint density at radius 3 is 2.76 bits per heavy atom. The lowest BCUT2D eigenvalue weighted by molar-refractivity contribution is -0.137. The maximum Gasteiger partial charge on any atom is 0.416 e. The van der Waals surface area contributed by atoms with Gasteiger partial charge in [0.05, 0.1) is 21.7 Å². The minimum Gasteiger partial charge on any atom is -0.484 e. The molecular formula is C22H23ClF3N5O2. The summed E-state index contributed by atoms with van der Waals surface area (Å²) in [6, 6.07) is 4.39. The highest BCUT2D eigenvalue weighted by atomic mass is 35.5. The van der Waals surface area contributed by atoms with Gasteiger partial charge in [0, 0.05) is 12.7 Å². The predicted molar refractivity (Wildman–Crippen MR) is 118 cm³/mol. The van der Waals surface area contributed by atoms with Crippen LogP contribution < -0.4 is 20.9 Å². The molecule has 4 rings (SSSR count). The number of fused-ring (bicyclic) bond motifs is 1. The lowest BCUT2D eigenvalue weighted by Gasteiger charge is -2.22. The van der Waals surface area contributed by atoms with E-state index in [1.54, 1.807) is 12.3 Å². The van der Waals surface area contributed by atoms with E-state index in [1.165, 1.54) is 0 Å². The van der Waals surface area contributed by atoms with Gasteiger partial charge in [0.2, 0.25) is 0 Å². The summed E-state index contributed by atoms with van der Waals surface area (Å²) in [6.07, 6.45) is -0.764. The molecule has 0 amide bonds. The van der Waals surface area contributed by atoms with E-state index in [1.807, 2.05) is 0 Å². The fourth-order valence-corrected chi connectivity index (χ4v) is 3.95. The van der Waals surface area contributed by atoms with E-state index in [0.29, 0.717) is 29.1 Å². The number of alkyl halides is 3. The molecule has 0 bridgehead atoms. The van der Waals surface area contributed by atoms with Gasteiger partial charge in [0.15, 0.2) is 0 Å². The Labute approximate surface area is 192 Å². The number of hydrogen-bond donors (Lipinski definition) is 3. The van der Waals surface area contributed by atoms with Crippen molar-refractivity contribution in [1.29, 1.82) is 0 Å². The van der Waals surface area contributed by atoms with E-state index in [2.05, 4.69) is 25.6 Å². The van der Waals surface area contributed by atoms with Crippen LogP contribution >= 0.6 is 11.6 Å². The molecule has 0 spiro atoms. The second-order valence-corrected chi connectivity index (χ2v) is 8.33. The predicted octanol–water partition coefficient (Wildman–Crippen LogP) is 3.66. The first-order valence-corrected chi connectivity index (χ1v) is 11.0. The molecule has 0 atom stereocenters. The van der Waals surface area contributed by atoms with E-state index in [0.717, 1.165) is 50.7 Å². The second-order valence-electron chi connectivity index (χ2n) is 7.92. The van der Waals surface area contributed by atoms with Crippen molar-refractivity contribution in [3.05, 3.63) is 62.9 Å². The molecule has 1 saturated heterocycles. The monoisotopic (exact) mass is 481 g/mol. The lowest BCUT2D eigenvalue weighted by atomic mass is 9.98. The van der Waals surface area contributed by atoms with Gasteiger partial charge < -0.3 is 20.4 Å². The smallest absolute Gasteiger partial charge is 0.416 e. The van der Waals surface area contributed by atoms with Crippen LogP contribution in [0.3, 0.4) is 0 Å². The number of nitrogens with one attached hydrogen (secondary N) is 3. The Kier molecular flexibility index (Phi) is 7.16. The first kappa shape index (κ1) is 23.5. The highest BCUT2D eigenvalue weighted by Crippen LogP contribution is 2.35. The lowest BCUT2D eigenvalue weighted by Crippen LogP contribution is -2.33. The Hall–Kier alpha value is -2.69. The number of ether oxygens (including phenoxy) is 1. The van der Waals surface area contributed by atoms with Crippen LogP contribution in [0, 0.1) is 5.92 Å². The molecule has 1 aromatic carbocycles. The molecule has 1 aliphatic heterocycles. The van der Waals surface area contributed by atoms with Gasteiger partial charge in [-0.3, -0.25) is 9.78 Å². The van der Waals surface area contributed by atoms with Gasteiger partial charge >= 0.3 is 6.18 Å². The summed E-state index contributed by atoms with van der Waals surface area (Å²) in [7, 11) is 0. The van der Waals surface area contributed by atoms with E-state index in [9.17, 15) is 18.0 Å². The standard InChI is InChI=1S/C22H23ClF3N5O2/c23-16-2-1-14(22(24,25)26)9-18(16)33-12-19-30-20-15(21(32)31-19)5-8-29-17(20)11-28-10-13-3-6-27-7-4-13/h1-2,5,8-9,13,27-28H,3-4,6-7,10-12H2,(H,30,31,32). The van der Waals surface area contributed by atoms with Crippen LogP contribution in [0.4, 0.5) is 13.2 Å². The molecule has 0 radical (unpaired) electrons. The van der Waals surface area contributed by atoms with Crippen LogP contribution in [0.25, 0.3) is 10.9 Å². The molecular weight excluding hydrogens is 459 g/mol. The molecule has 0 saturated carbocycles. The highest BCUT2D eigenvalue weighted by Gasteiger charge is 2.31. The Morgan fingerprint density at radius 2 is 2.00 bits per heavy atom. The molecule has 1 fully saturated rings. The summed E-state index contributed by atoms with van der Waals surface area (Å²) in [5.74, 6) is 0.594. The maximum atomic E-state index is 13.0. The minimum atomic E-state index is -4.53. The SMILES string of the molecule is O=c1[nH]c(COc2cc(C(F)(F)F)ccc2Cl)nc2c(CNCC3CCNCC3)nccc12. The first-order valence-electron chi connectivity index (χ1n) is 10.6. The summed E-state index contributed by atoms with van der Waals surface area (Å²) in [5, 5.41) is 7.13. The number of halogens is 4. The fourth-order valence-electron chi connectivity index (χ4n) is 3.78. The summed E-state index contributed by atoms with van der Waals surface area (Å²) in [5.41, 5.74) is -0.220. The third-order valence-corrected chi connectivity index (χ3v) is 5.87. The Morgan fingerprint density at radius 1 is 1.21 bits per heavy atom. The van der Waals surface area contributed by atoms with Crippen molar-refractivity contribution in [2.45, 2.75) is 32.2 Å². The molecule has 0 aliphatic carbocycles. The maximum absolute atomic E-state index is 13.0. The van der Waals surface area contributed by atoms with Gasteiger partial charge in [-0.2, -0.15) is 13.2 Å². The van der Waals surface area contributed by atoms with Crippen LogP contribution in [0.2, 0.25) is 5.02 Å². The Bertz CT molecular complexity index is 1180. The molecule has 7 nitrogen and oxygen atoms in total. The van der Waals surface area contributed by atoms with Crippen LogP contribution in [0.15, 0.2) is 35.3 Å². The van der Waals surface area contributed by atoms with Crippen molar-refractivity contribution in [3.63, 3.8) is 0 Å².